The molecule has 0 saturated heterocycles. The number of benzene rings is 2. The number of carbonyl (C=O) groups excluding carboxylic acids is 3. The van der Waals surface area contributed by atoms with E-state index in [4.69, 9.17) is 5.73 Å². The number of hydrogen-bond donors (Lipinski definition) is 2. The summed E-state index contributed by atoms with van der Waals surface area (Å²) in [5, 5.41) is 2.28. The molecule has 7 nitrogen and oxygen atoms in total. The van der Waals surface area contributed by atoms with Crippen LogP contribution in [0, 0.1) is 5.92 Å². The fraction of sp³-hybridized carbons (Fsp3) is 0.273. The number of para-hydroxylation sites is 1. The summed E-state index contributed by atoms with van der Waals surface area (Å²) in [5.41, 5.74) is 7.23. The van der Waals surface area contributed by atoms with Crippen molar-refractivity contribution in [3.05, 3.63) is 65.7 Å². The van der Waals surface area contributed by atoms with Gasteiger partial charge in [0, 0.05) is 24.6 Å². The van der Waals surface area contributed by atoms with E-state index >= 15 is 0 Å². The van der Waals surface area contributed by atoms with Crippen LogP contribution in [0.3, 0.4) is 0 Å². The standard InChI is InChI=1S/C22H21F3N4O3/c1-29-16-10-6-5-9-15(16)18(13-7-3-2-4-8-13)27-19(21(29)32)28-20(31)14(11-17(26)30)12-22(23,24)25/h2-10,14,19H,11-12H2,1H3,(H2,26,30)(H,28,31). The van der Waals surface area contributed by atoms with Gasteiger partial charge in [-0.05, 0) is 6.07 Å². The minimum absolute atomic E-state index is 0.395. The highest BCUT2D eigenvalue weighted by molar-refractivity contribution is 6.20. The van der Waals surface area contributed by atoms with Gasteiger partial charge in [-0.2, -0.15) is 13.2 Å². The molecule has 3 rings (SSSR count). The number of alkyl halides is 3. The molecule has 32 heavy (non-hydrogen) atoms. The Morgan fingerprint density at radius 2 is 1.75 bits per heavy atom. The summed E-state index contributed by atoms with van der Waals surface area (Å²) in [6, 6.07) is 15.8. The molecule has 3 amide bonds. The molecule has 0 radical (unpaired) electrons. The number of amides is 3. The lowest BCUT2D eigenvalue weighted by molar-refractivity contribution is -0.156. The van der Waals surface area contributed by atoms with Gasteiger partial charge in [0.15, 0.2) is 0 Å². The predicted molar refractivity (Wildman–Crippen MR) is 112 cm³/mol. The van der Waals surface area contributed by atoms with Crippen molar-refractivity contribution in [2.75, 3.05) is 11.9 Å². The van der Waals surface area contributed by atoms with Crippen molar-refractivity contribution in [2.45, 2.75) is 25.2 Å². The zero-order valence-corrected chi connectivity index (χ0v) is 17.1. The Morgan fingerprint density at radius 1 is 1.12 bits per heavy atom. The highest BCUT2D eigenvalue weighted by atomic mass is 19.4. The number of halogens is 3. The van der Waals surface area contributed by atoms with Gasteiger partial charge in [-0.1, -0.05) is 48.5 Å². The minimum atomic E-state index is -4.70. The lowest BCUT2D eigenvalue weighted by atomic mass is 9.99. The van der Waals surface area contributed by atoms with Gasteiger partial charge >= 0.3 is 6.18 Å². The van der Waals surface area contributed by atoms with Gasteiger partial charge < -0.3 is 16.0 Å². The molecule has 0 fully saturated rings. The Hall–Kier alpha value is -3.69. The van der Waals surface area contributed by atoms with Crippen LogP contribution < -0.4 is 16.0 Å². The second kappa shape index (κ2) is 9.21. The molecule has 0 saturated carbocycles. The molecule has 10 heteroatoms. The molecular weight excluding hydrogens is 425 g/mol. The SMILES string of the molecule is CN1C(=O)C(NC(=O)C(CC(N)=O)CC(F)(F)F)N=C(c2ccccc2)c2ccccc21. The number of primary amides is 1. The number of benzodiazepines with no additional fused rings is 1. The summed E-state index contributed by atoms with van der Waals surface area (Å²) in [4.78, 5) is 42.6. The maximum absolute atomic E-state index is 13.0. The Balaban J connectivity index is 2.00. The number of aliphatic imine (C=N–C) groups is 1. The predicted octanol–water partition coefficient (Wildman–Crippen LogP) is 2.39. The summed E-state index contributed by atoms with van der Waals surface area (Å²) in [7, 11) is 1.49. The van der Waals surface area contributed by atoms with Gasteiger partial charge in [-0.3, -0.25) is 14.4 Å². The van der Waals surface area contributed by atoms with E-state index in [2.05, 4.69) is 10.3 Å². The summed E-state index contributed by atoms with van der Waals surface area (Å²) in [6.07, 6.45) is -8.54. The monoisotopic (exact) mass is 446 g/mol. The highest BCUT2D eigenvalue weighted by Crippen LogP contribution is 2.29. The molecule has 3 N–H and O–H groups in total. The Labute approximate surface area is 182 Å². The van der Waals surface area contributed by atoms with E-state index in [-0.39, 0.29) is 0 Å². The molecule has 2 aromatic rings. The first-order valence-electron chi connectivity index (χ1n) is 9.72. The number of rotatable bonds is 6. The van der Waals surface area contributed by atoms with E-state index in [1.54, 1.807) is 54.6 Å². The number of hydrogen-bond acceptors (Lipinski definition) is 4. The van der Waals surface area contributed by atoms with Crippen molar-refractivity contribution in [3.63, 3.8) is 0 Å². The Kier molecular flexibility index (Phi) is 6.61. The van der Waals surface area contributed by atoms with Crippen molar-refractivity contribution in [1.29, 1.82) is 0 Å². The summed E-state index contributed by atoms with van der Waals surface area (Å²) < 4.78 is 38.8. The average Bonchev–Trinajstić information content (AvgIpc) is 2.83. The van der Waals surface area contributed by atoms with Gasteiger partial charge in [0.1, 0.15) is 0 Å². The van der Waals surface area contributed by atoms with Gasteiger partial charge in [0.05, 0.1) is 23.7 Å². The smallest absolute Gasteiger partial charge is 0.370 e. The molecule has 168 valence electrons. The summed E-state index contributed by atoms with van der Waals surface area (Å²) >= 11 is 0. The van der Waals surface area contributed by atoms with Crippen molar-refractivity contribution in [1.82, 2.24) is 5.32 Å². The molecule has 2 atom stereocenters. The molecule has 0 bridgehead atoms. The quantitative estimate of drug-likeness (QED) is 0.712. The van der Waals surface area contributed by atoms with E-state index in [0.29, 0.717) is 22.5 Å². The van der Waals surface area contributed by atoms with Gasteiger partial charge in [-0.15, -0.1) is 0 Å². The second-order valence-corrected chi connectivity index (χ2v) is 7.36. The van der Waals surface area contributed by atoms with E-state index < -0.39 is 48.8 Å². The highest BCUT2D eigenvalue weighted by Gasteiger charge is 2.38. The van der Waals surface area contributed by atoms with Gasteiger partial charge in [0.25, 0.3) is 5.91 Å². The Morgan fingerprint density at radius 3 is 2.38 bits per heavy atom. The number of anilines is 1. The number of likely N-dealkylation sites (N-methyl/N-ethyl adjacent to an activating group) is 1. The van der Waals surface area contributed by atoms with E-state index in [1.807, 2.05) is 0 Å². The topological polar surface area (TPSA) is 105 Å². The van der Waals surface area contributed by atoms with Crippen LogP contribution in [0.15, 0.2) is 59.6 Å². The fourth-order valence-corrected chi connectivity index (χ4v) is 3.47. The third kappa shape index (κ3) is 5.32. The van der Waals surface area contributed by atoms with Crippen LogP contribution in [-0.2, 0) is 14.4 Å². The number of fused-ring (bicyclic) bond motifs is 1. The molecule has 2 unspecified atom stereocenters. The van der Waals surface area contributed by atoms with Crippen LogP contribution in [0.2, 0.25) is 0 Å². The van der Waals surface area contributed by atoms with Gasteiger partial charge in [-0.25, -0.2) is 4.99 Å². The van der Waals surface area contributed by atoms with Crippen LogP contribution in [0.5, 0.6) is 0 Å². The molecule has 1 aliphatic heterocycles. The van der Waals surface area contributed by atoms with Crippen LogP contribution in [0.4, 0.5) is 18.9 Å². The molecule has 0 aromatic heterocycles. The molecule has 2 aromatic carbocycles. The molecule has 0 spiro atoms. The van der Waals surface area contributed by atoms with Crippen molar-refractivity contribution in [2.24, 2.45) is 16.6 Å². The first-order chi connectivity index (χ1) is 15.1. The van der Waals surface area contributed by atoms with E-state index in [9.17, 15) is 27.6 Å². The van der Waals surface area contributed by atoms with Crippen LogP contribution >= 0.6 is 0 Å². The first-order valence-corrected chi connectivity index (χ1v) is 9.72. The number of nitrogens with two attached hydrogens (primary N) is 1. The maximum atomic E-state index is 13.0. The lowest BCUT2D eigenvalue weighted by Gasteiger charge is -2.23. The third-order valence-electron chi connectivity index (χ3n) is 4.97. The zero-order valence-electron chi connectivity index (χ0n) is 17.1. The second-order valence-electron chi connectivity index (χ2n) is 7.36. The molecule has 0 aliphatic carbocycles. The minimum Gasteiger partial charge on any atom is -0.370 e. The zero-order chi connectivity index (χ0) is 23.5. The van der Waals surface area contributed by atoms with Crippen LogP contribution in [0.1, 0.15) is 24.0 Å². The number of nitrogens with one attached hydrogen (secondary N) is 1. The molecular formula is C22H21F3N4O3. The van der Waals surface area contributed by atoms with E-state index in [0.717, 1.165) is 0 Å². The summed E-state index contributed by atoms with van der Waals surface area (Å²) in [5.74, 6) is -4.59. The normalized spacial score (nSPS) is 17.1. The lowest BCUT2D eigenvalue weighted by Crippen LogP contribution is -2.48. The van der Waals surface area contributed by atoms with Crippen LogP contribution in [-0.4, -0.2) is 42.8 Å². The average molecular weight is 446 g/mol. The third-order valence-corrected chi connectivity index (χ3v) is 4.97. The van der Waals surface area contributed by atoms with E-state index in [1.165, 1.54) is 11.9 Å². The number of carbonyl (C=O) groups is 3. The van der Waals surface area contributed by atoms with Crippen LogP contribution in [0.25, 0.3) is 0 Å². The van der Waals surface area contributed by atoms with Crippen molar-refractivity contribution < 1.29 is 27.6 Å². The van der Waals surface area contributed by atoms with Gasteiger partial charge in [0.2, 0.25) is 18.0 Å². The van der Waals surface area contributed by atoms with Crippen molar-refractivity contribution in [3.8, 4) is 0 Å². The first kappa shape index (κ1) is 23.0. The largest absolute Gasteiger partial charge is 0.389 e. The van der Waals surface area contributed by atoms with Crippen molar-refractivity contribution >= 4 is 29.1 Å². The maximum Gasteiger partial charge on any atom is 0.389 e. The summed E-state index contributed by atoms with van der Waals surface area (Å²) in [6.45, 7) is 0. The molecule has 1 heterocycles. The number of nitrogens with zero attached hydrogens (tertiary/aromatic N) is 2. The Bertz CT molecular complexity index is 1050. The molecule has 1 aliphatic rings. The fourth-order valence-electron chi connectivity index (χ4n) is 3.47.